The standard InChI is InChI=1S/C29H28N6O5/c1-37-17-40-27-22(13-18(14-25(27)38-2)12-20-15-32-29(31)34-28(20)30)23(36)9-10-35-26(24-8-5-11-39-24)21-7-4-3-6-19(21)16-33-35/h3-11,13-16,26H,12,17H2,1-2H3,(H4,30,31,32,34)/b10-9+. The fourth-order valence-corrected chi connectivity index (χ4v) is 4.46. The highest BCUT2D eigenvalue weighted by atomic mass is 16.7. The molecule has 1 aliphatic rings. The lowest BCUT2D eigenvalue weighted by Gasteiger charge is -2.29. The first-order chi connectivity index (χ1) is 19.5. The molecule has 2 aromatic heterocycles. The summed E-state index contributed by atoms with van der Waals surface area (Å²) in [5, 5.41) is 6.25. The average molecular weight is 541 g/mol. The lowest BCUT2D eigenvalue weighted by Crippen LogP contribution is -2.24. The first-order valence-corrected chi connectivity index (χ1v) is 12.3. The molecule has 0 spiro atoms. The SMILES string of the molecule is COCOc1c(OC)cc(Cc2cnc(N)nc2N)cc1C(=O)/C=C/N1N=Cc2ccccc2C1c1ccco1. The summed E-state index contributed by atoms with van der Waals surface area (Å²) in [6.45, 7) is -0.0772. The summed E-state index contributed by atoms with van der Waals surface area (Å²) in [6.07, 6.45) is 8.30. The van der Waals surface area contributed by atoms with Crippen molar-refractivity contribution in [2.75, 3.05) is 32.5 Å². The fourth-order valence-electron chi connectivity index (χ4n) is 4.46. The number of furan rings is 1. The maximum Gasteiger partial charge on any atom is 0.221 e. The number of nitrogens with zero attached hydrogens (tertiary/aromatic N) is 4. The Kier molecular flexibility index (Phi) is 7.74. The van der Waals surface area contributed by atoms with Crippen molar-refractivity contribution in [2.45, 2.75) is 12.5 Å². The Bertz CT molecular complexity index is 1570. The number of fused-ring (bicyclic) bond motifs is 1. The molecule has 11 heteroatoms. The van der Waals surface area contributed by atoms with Gasteiger partial charge in [-0.05, 0) is 35.4 Å². The second-order valence-electron chi connectivity index (χ2n) is 8.89. The molecule has 3 heterocycles. The van der Waals surface area contributed by atoms with Gasteiger partial charge in [0.25, 0.3) is 0 Å². The van der Waals surface area contributed by atoms with Crippen LogP contribution in [-0.4, -0.2) is 48.0 Å². The van der Waals surface area contributed by atoms with E-state index in [2.05, 4.69) is 15.1 Å². The van der Waals surface area contributed by atoms with Crippen molar-refractivity contribution in [3.8, 4) is 11.5 Å². The van der Waals surface area contributed by atoms with E-state index in [4.69, 9.17) is 30.1 Å². The van der Waals surface area contributed by atoms with E-state index in [0.717, 1.165) is 16.7 Å². The number of carbonyl (C=O) groups excluding carboxylic acids is 1. The van der Waals surface area contributed by atoms with Crippen LogP contribution < -0.4 is 20.9 Å². The molecule has 2 aromatic carbocycles. The van der Waals surface area contributed by atoms with E-state index in [-0.39, 0.29) is 41.7 Å². The van der Waals surface area contributed by atoms with Gasteiger partial charge >= 0.3 is 0 Å². The van der Waals surface area contributed by atoms with Gasteiger partial charge in [0.15, 0.2) is 24.1 Å². The quantitative estimate of drug-likeness (QED) is 0.172. The second-order valence-corrected chi connectivity index (χ2v) is 8.89. The predicted octanol–water partition coefficient (Wildman–Crippen LogP) is 3.95. The topological polar surface area (TPSA) is 151 Å². The third kappa shape index (κ3) is 5.49. The van der Waals surface area contributed by atoms with Crippen LogP contribution in [0.2, 0.25) is 0 Å². The number of rotatable bonds is 10. The molecule has 40 heavy (non-hydrogen) atoms. The Hall–Kier alpha value is -5.16. The van der Waals surface area contributed by atoms with Crippen molar-refractivity contribution < 1.29 is 23.4 Å². The predicted molar refractivity (Wildman–Crippen MR) is 149 cm³/mol. The molecule has 204 valence electrons. The number of carbonyl (C=O) groups is 1. The van der Waals surface area contributed by atoms with Gasteiger partial charge in [0.05, 0.1) is 25.2 Å². The lowest BCUT2D eigenvalue weighted by atomic mass is 9.97. The van der Waals surface area contributed by atoms with Crippen molar-refractivity contribution in [3.63, 3.8) is 0 Å². The molecule has 0 radical (unpaired) electrons. The van der Waals surface area contributed by atoms with Crippen LogP contribution in [0.15, 0.2) is 82.8 Å². The van der Waals surface area contributed by atoms with Gasteiger partial charge < -0.3 is 30.1 Å². The molecule has 1 unspecified atom stereocenters. The normalized spacial score (nSPS) is 14.3. The van der Waals surface area contributed by atoms with Gasteiger partial charge in [-0.3, -0.25) is 9.80 Å². The smallest absolute Gasteiger partial charge is 0.221 e. The number of nitrogens with two attached hydrogens (primary N) is 2. The monoisotopic (exact) mass is 540 g/mol. The van der Waals surface area contributed by atoms with Crippen molar-refractivity contribution in [1.29, 1.82) is 0 Å². The first kappa shape index (κ1) is 26.4. The molecule has 4 N–H and O–H groups in total. The molecule has 4 aromatic rings. The van der Waals surface area contributed by atoms with Crippen LogP contribution in [-0.2, 0) is 11.2 Å². The maximum absolute atomic E-state index is 13.7. The van der Waals surface area contributed by atoms with E-state index in [9.17, 15) is 4.79 Å². The minimum Gasteiger partial charge on any atom is -0.493 e. The number of allylic oxidation sites excluding steroid dienone is 1. The number of methoxy groups -OCH3 is 2. The minimum absolute atomic E-state index is 0.0772. The molecule has 0 saturated heterocycles. The number of nitrogen functional groups attached to an aromatic ring is 2. The summed E-state index contributed by atoms with van der Waals surface area (Å²) in [5.74, 6) is 1.31. The summed E-state index contributed by atoms with van der Waals surface area (Å²) in [7, 11) is 2.99. The third-order valence-electron chi connectivity index (χ3n) is 6.31. The van der Waals surface area contributed by atoms with E-state index in [1.165, 1.54) is 20.3 Å². The molecule has 0 saturated carbocycles. The van der Waals surface area contributed by atoms with Crippen LogP contribution >= 0.6 is 0 Å². The van der Waals surface area contributed by atoms with Gasteiger partial charge in [-0.2, -0.15) is 10.1 Å². The van der Waals surface area contributed by atoms with Crippen LogP contribution in [0, 0.1) is 0 Å². The van der Waals surface area contributed by atoms with Crippen molar-refractivity contribution >= 4 is 23.8 Å². The van der Waals surface area contributed by atoms with E-state index >= 15 is 0 Å². The van der Waals surface area contributed by atoms with Crippen LogP contribution in [0.25, 0.3) is 0 Å². The molecule has 1 atom stereocenters. The van der Waals surface area contributed by atoms with E-state index < -0.39 is 0 Å². The molecule has 0 bridgehead atoms. The highest BCUT2D eigenvalue weighted by molar-refractivity contribution is 6.07. The van der Waals surface area contributed by atoms with E-state index in [1.807, 2.05) is 36.4 Å². The molecular formula is C29H28N6O5. The van der Waals surface area contributed by atoms with Crippen LogP contribution in [0.3, 0.4) is 0 Å². The molecular weight excluding hydrogens is 512 g/mol. The van der Waals surface area contributed by atoms with Gasteiger partial charge in [-0.25, -0.2) is 4.98 Å². The zero-order valence-electron chi connectivity index (χ0n) is 22.0. The van der Waals surface area contributed by atoms with Crippen LogP contribution in [0.4, 0.5) is 11.8 Å². The lowest BCUT2D eigenvalue weighted by molar-refractivity contribution is 0.0483. The molecule has 5 rings (SSSR count). The first-order valence-electron chi connectivity index (χ1n) is 12.3. The number of ketones is 1. The Labute approximate surface area is 230 Å². The molecule has 0 amide bonds. The van der Waals surface area contributed by atoms with Crippen molar-refractivity contribution in [2.24, 2.45) is 5.10 Å². The van der Waals surface area contributed by atoms with Crippen molar-refractivity contribution in [1.82, 2.24) is 15.0 Å². The number of hydrogen-bond acceptors (Lipinski definition) is 11. The summed E-state index contributed by atoms with van der Waals surface area (Å²) >= 11 is 0. The largest absolute Gasteiger partial charge is 0.493 e. The second kappa shape index (κ2) is 11.7. The number of hydrazone groups is 1. The summed E-state index contributed by atoms with van der Waals surface area (Å²) in [5.41, 5.74) is 15.3. The Morgan fingerprint density at radius 1 is 1.15 bits per heavy atom. The van der Waals surface area contributed by atoms with Gasteiger partial charge in [0.1, 0.15) is 17.6 Å². The number of ether oxygens (including phenoxy) is 3. The number of anilines is 2. The van der Waals surface area contributed by atoms with E-state index in [1.54, 1.807) is 42.0 Å². The summed E-state index contributed by atoms with van der Waals surface area (Å²) in [4.78, 5) is 21.7. The third-order valence-corrected chi connectivity index (χ3v) is 6.31. The number of benzene rings is 2. The maximum atomic E-state index is 13.7. The van der Waals surface area contributed by atoms with Crippen LogP contribution in [0.1, 0.15) is 44.4 Å². The van der Waals surface area contributed by atoms with Gasteiger partial charge in [-0.1, -0.05) is 24.3 Å². The van der Waals surface area contributed by atoms with Crippen LogP contribution in [0.5, 0.6) is 11.5 Å². The Morgan fingerprint density at radius 3 is 2.75 bits per heavy atom. The average Bonchev–Trinajstić information content (AvgIpc) is 3.50. The number of aromatic nitrogens is 2. The van der Waals surface area contributed by atoms with Crippen molar-refractivity contribution in [3.05, 3.63) is 107 Å². The van der Waals surface area contributed by atoms with Gasteiger partial charge in [0.2, 0.25) is 5.95 Å². The van der Waals surface area contributed by atoms with Gasteiger partial charge in [-0.15, -0.1) is 0 Å². The fraction of sp³-hybridized carbons (Fsp3) is 0.172. The molecule has 1 aliphatic heterocycles. The highest BCUT2D eigenvalue weighted by Crippen LogP contribution is 2.36. The zero-order valence-corrected chi connectivity index (χ0v) is 22.0. The summed E-state index contributed by atoms with van der Waals surface area (Å²) < 4.78 is 22.1. The highest BCUT2D eigenvalue weighted by Gasteiger charge is 2.28. The molecule has 11 nitrogen and oxygen atoms in total. The minimum atomic E-state index is -0.348. The van der Waals surface area contributed by atoms with Gasteiger partial charge in [0, 0.05) is 43.1 Å². The molecule has 0 fully saturated rings. The zero-order chi connectivity index (χ0) is 28.1. The van der Waals surface area contributed by atoms with E-state index in [0.29, 0.717) is 23.5 Å². The molecule has 0 aliphatic carbocycles. The Morgan fingerprint density at radius 2 is 2.00 bits per heavy atom. The number of hydrogen-bond donors (Lipinski definition) is 2. The Balaban J connectivity index is 1.50. The summed E-state index contributed by atoms with van der Waals surface area (Å²) in [6, 6.07) is 14.7.